The van der Waals surface area contributed by atoms with E-state index in [1.807, 2.05) is 25.4 Å². The van der Waals surface area contributed by atoms with Crippen molar-refractivity contribution in [2.75, 3.05) is 0 Å². The standard InChI is InChI=1S/C24H16ClF3N4O2/c1-31-11-15-10-17(7-8-18(15)30-31)32-12-14-4-9-19(34-23(28)22(26)27)29-21(14)20(24(32)33)13-2-5-16(25)6-3-13/h2-12,22-23H,1H3. The predicted molar refractivity (Wildman–Crippen MR) is 124 cm³/mol. The summed E-state index contributed by atoms with van der Waals surface area (Å²) in [5, 5.41) is 6.19. The molecule has 0 saturated heterocycles. The third-order valence-electron chi connectivity index (χ3n) is 5.28. The first kappa shape index (κ1) is 22.0. The van der Waals surface area contributed by atoms with Crippen LogP contribution in [0.15, 0.2) is 71.8 Å². The van der Waals surface area contributed by atoms with Gasteiger partial charge in [0, 0.05) is 47.0 Å². The van der Waals surface area contributed by atoms with Crippen LogP contribution in [0.2, 0.25) is 5.02 Å². The lowest BCUT2D eigenvalue weighted by Crippen LogP contribution is -2.22. The van der Waals surface area contributed by atoms with Gasteiger partial charge in [-0.05, 0) is 42.0 Å². The molecule has 34 heavy (non-hydrogen) atoms. The van der Waals surface area contributed by atoms with E-state index in [2.05, 4.69) is 14.8 Å². The maximum Gasteiger partial charge on any atom is 0.304 e. The number of halogens is 4. The molecule has 0 amide bonds. The first-order valence-corrected chi connectivity index (χ1v) is 10.5. The smallest absolute Gasteiger partial charge is 0.304 e. The quantitative estimate of drug-likeness (QED) is 0.329. The lowest BCUT2D eigenvalue weighted by molar-refractivity contribution is -0.0688. The minimum absolute atomic E-state index is 0.185. The summed E-state index contributed by atoms with van der Waals surface area (Å²) in [6, 6.07) is 14.8. The van der Waals surface area contributed by atoms with Crippen molar-refractivity contribution in [3.63, 3.8) is 0 Å². The summed E-state index contributed by atoms with van der Waals surface area (Å²) in [6.07, 6.45) is -2.74. The Morgan fingerprint density at radius 1 is 0.971 bits per heavy atom. The topological polar surface area (TPSA) is 61.9 Å². The summed E-state index contributed by atoms with van der Waals surface area (Å²) >= 11 is 6.01. The van der Waals surface area contributed by atoms with E-state index >= 15 is 0 Å². The van der Waals surface area contributed by atoms with Crippen LogP contribution in [0.5, 0.6) is 5.88 Å². The first-order chi connectivity index (χ1) is 16.3. The zero-order chi connectivity index (χ0) is 24.0. The van der Waals surface area contributed by atoms with Crippen molar-refractivity contribution in [3.8, 4) is 22.7 Å². The molecule has 0 saturated carbocycles. The Morgan fingerprint density at radius 2 is 1.74 bits per heavy atom. The van der Waals surface area contributed by atoms with Gasteiger partial charge in [0.2, 0.25) is 5.88 Å². The number of benzene rings is 2. The van der Waals surface area contributed by atoms with Crippen LogP contribution in [-0.2, 0) is 7.05 Å². The van der Waals surface area contributed by atoms with E-state index in [-0.39, 0.29) is 17.0 Å². The number of aryl methyl sites for hydroxylation is 1. The fourth-order valence-corrected chi connectivity index (χ4v) is 3.89. The predicted octanol–water partition coefficient (Wildman–Crippen LogP) is 5.53. The number of hydrogen-bond acceptors (Lipinski definition) is 4. The van der Waals surface area contributed by atoms with Gasteiger partial charge in [0.15, 0.2) is 0 Å². The molecule has 0 aliphatic rings. The van der Waals surface area contributed by atoms with E-state index < -0.39 is 18.3 Å². The summed E-state index contributed by atoms with van der Waals surface area (Å²) in [7, 11) is 1.81. The monoisotopic (exact) mass is 484 g/mol. The van der Waals surface area contributed by atoms with Gasteiger partial charge in [-0.25, -0.2) is 13.8 Å². The molecule has 0 aliphatic heterocycles. The van der Waals surface area contributed by atoms with Crippen LogP contribution in [0.25, 0.3) is 38.6 Å². The molecular weight excluding hydrogens is 469 g/mol. The van der Waals surface area contributed by atoms with Crippen molar-refractivity contribution in [2.24, 2.45) is 7.05 Å². The molecule has 2 aromatic carbocycles. The van der Waals surface area contributed by atoms with Gasteiger partial charge in [-0.2, -0.15) is 9.49 Å². The molecule has 3 aromatic heterocycles. The third kappa shape index (κ3) is 3.99. The maximum absolute atomic E-state index is 13.7. The third-order valence-corrected chi connectivity index (χ3v) is 5.54. The highest BCUT2D eigenvalue weighted by Gasteiger charge is 2.22. The molecular formula is C24H16ClF3N4O2. The second kappa shape index (κ2) is 8.49. The molecule has 5 aromatic rings. The molecule has 6 nitrogen and oxygen atoms in total. The highest BCUT2D eigenvalue weighted by Crippen LogP contribution is 2.29. The van der Waals surface area contributed by atoms with E-state index in [4.69, 9.17) is 11.6 Å². The average Bonchev–Trinajstić information content (AvgIpc) is 3.18. The Kier molecular flexibility index (Phi) is 5.49. The molecule has 172 valence electrons. The van der Waals surface area contributed by atoms with Gasteiger partial charge in [-0.15, -0.1) is 0 Å². The highest BCUT2D eigenvalue weighted by molar-refractivity contribution is 6.30. The lowest BCUT2D eigenvalue weighted by Gasteiger charge is -2.14. The number of hydrogen-bond donors (Lipinski definition) is 0. The summed E-state index contributed by atoms with van der Waals surface area (Å²) in [5.41, 5.74) is 1.86. The number of nitrogens with zero attached hydrogens (tertiary/aromatic N) is 4. The molecule has 3 heterocycles. The van der Waals surface area contributed by atoms with Crippen LogP contribution in [-0.4, -0.2) is 32.1 Å². The Hall–Kier alpha value is -3.85. The van der Waals surface area contributed by atoms with Crippen molar-refractivity contribution in [3.05, 3.63) is 82.4 Å². The van der Waals surface area contributed by atoms with Crippen molar-refractivity contribution in [1.29, 1.82) is 0 Å². The number of alkyl halides is 3. The van der Waals surface area contributed by atoms with Crippen LogP contribution in [0.4, 0.5) is 13.2 Å². The van der Waals surface area contributed by atoms with E-state index in [0.29, 0.717) is 21.7 Å². The fourth-order valence-electron chi connectivity index (χ4n) is 3.76. The number of aromatic nitrogens is 4. The summed E-state index contributed by atoms with van der Waals surface area (Å²) < 4.78 is 46.5. The molecule has 1 atom stereocenters. The molecule has 10 heteroatoms. The van der Waals surface area contributed by atoms with E-state index in [1.54, 1.807) is 41.2 Å². The lowest BCUT2D eigenvalue weighted by atomic mass is 10.0. The Morgan fingerprint density at radius 3 is 2.47 bits per heavy atom. The van der Waals surface area contributed by atoms with Crippen LogP contribution >= 0.6 is 11.6 Å². The molecule has 0 spiro atoms. The van der Waals surface area contributed by atoms with Crippen LogP contribution in [0, 0.1) is 0 Å². The molecule has 0 radical (unpaired) electrons. The van der Waals surface area contributed by atoms with Crippen molar-refractivity contribution >= 4 is 33.4 Å². The van der Waals surface area contributed by atoms with Gasteiger partial charge in [0.05, 0.1) is 16.6 Å². The van der Waals surface area contributed by atoms with Crippen molar-refractivity contribution in [2.45, 2.75) is 12.8 Å². The number of ether oxygens (including phenoxy) is 1. The minimum atomic E-state index is -3.33. The zero-order valence-electron chi connectivity index (χ0n) is 17.6. The normalized spacial score (nSPS) is 12.5. The molecule has 0 fully saturated rings. The summed E-state index contributed by atoms with van der Waals surface area (Å²) in [4.78, 5) is 17.9. The van der Waals surface area contributed by atoms with Gasteiger partial charge in [0.1, 0.15) is 0 Å². The van der Waals surface area contributed by atoms with E-state index in [0.717, 1.165) is 10.9 Å². The largest absolute Gasteiger partial charge is 0.437 e. The Bertz CT molecular complexity index is 1580. The van der Waals surface area contributed by atoms with Gasteiger partial charge >= 0.3 is 6.43 Å². The second-order valence-corrected chi connectivity index (χ2v) is 8.06. The highest BCUT2D eigenvalue weighted by atomic mass is 35.5. The number of fused-ring (bicyclic) bond motifs is 2. The molecule has 5 rings (SSSR count). The minimum Gasteiger partial charge on any atom is -0.437 e. The van der Waals surface area contributed by atoms with Gasteiger partial charge < -0.3 is 4.74 Å². The molecule has 1 unspecified atom stereocenters. The number of pyridine rings is 2. The fraction of sp³-hybridized carbons (Fsp3) is 0.125. The summed E-state index contributed by atoms with van der Waals surface area (Å²) in [5.74, 6) is -0.357. The summed E-state index contributed by atoms with van der Waals surface area (Å²) in [6.45, 7) is 0. The van der Waals surface area contributed by atoms with Crippen molar-refractivity contribution < 1.29 is 17.9 Å². The van der Waals surface area contributed by atoms with E-state index in [1.165, 1.54) is 16.7 Å². The Balaban J connectivity index is 1.75. The van der Waals surface area contributed by atoms with Gasteiger partial charge in [-0.1, -0.05) is 23.7 Å². The molecule has 0 bridgehead atoms. The number of rotatable bonds is 5. The van der Waals surface area contributed by atoms with Gasteiger partial charge in [-0.3, -0.25) is 14.0 Å². The first-order valence-electron chi connectivity index (χ1n) is 10.2. The van der Waals surface area contributed by atoms with Gasteiger partial charge in [0.25, 0.3) is 11.9 Å². The molecule has 0 N–H and O–H groups in total. The SMILES string of the molecule is Cn1cc2cc(-n3cc4ccc(OC(F)C(F)F)nc4c(-c4ccc(Cl)cc4)c3=O)ccc2n1. The molecule has 0 aliphatic carbocycles. The van der Waals surface area contributed by atoms with Crippen LogP contribution < -0.4 is 10.3 Å². The Labute approximate surface area is 195 Å². The average molecular weight is 485 g/mol. The maximum atomic E-state index is 13.7. The van der Waals surface area contributed by atoms with Crippen molar-refractivity contribution in [1.82, 2.24) is 19.3 Å². The zero-order valence-corrected chi connectivity index (χ0v) is 18.4. The second-order valence-electron chi connectivity index (χ2n) is 7.62. The van der Waals surface area contributed by atoms with E-state index in [9.17, 15) is 18.0 Å². The van der Waals surface area contributed by atoms with Crippen LogP contribution in [0.3, 0.4) is 0 Å². The van der Waals surface area contributed by atoms with Crippen LogP contribution in [0.1, 0.15) is 0 Å².